The largest absolute Gasteiger partial charge is 0.460 e. The Morgan fingerprint density at radius 2 is 2.32 bits per heavy atom. The lowest BCUT2D eigenvalue weighted by atomic mass is 10.2. The Bertz CT molecular complexity index is 595. The number of aryl methyl sites for hydroxylation is 1. The van der Waals surface area contributed by atoms with E-state index in [1.165, 1.54) is 6.07 Å². The zero-order valence-corrected chi connectivity index (χ0v) is 11.2. The van der Waals surface area contributed by atoms with Crippen molar-refractivity contribution < 1.29 is 9.53 Å². The summed E-state index contributed by atoms with van der Waals surface area (Å²) < 4.78 is 7.06. The number of ether oxygens (including phenoxy) is 1. The van der Waals surface area contributed by atoms with Crippen molar-refractivity contribution in [3.8, 4) is 0 Å². The number of benzene rings is 1. The average molecular weight is 280 g/mol. The Morgan fingerprint density at radius 3 is 2.95 bits per heavy atom. The van der Waals surface area contributed by atoms with E-state index in [9.17, 15) is 4.79 Å². The number of carbonyl (C=O) groups is 1. The van der Waals surface area contributed by atoms with E-state index in [1.54, 1.807) is 18.3 Å². The summed E-state index contributed by atoms with van der Waals surface area (Å²) in [6.07, 6.45) is 3.54. The van der Waals surface area contributed by atoms with Gasteiger partial charge in [0, 0.05) is 18.1 Å². The minimum Gasteiger partial charge on any atom is -0.460 e. The number of hydrogen-bond donors (Lipinski definition) is 1. The molecule has 0 aliphatic heterocycles. The number of hydrogen-bond acceptors (Lipinski definition) is 4. The van der Waals surface area contributed by atoms with E-state index >= 15 is 0 Å². The highest BCUT2D eigenvalue weighted by atomic mass is 35.5. The van der Waals surface area contributed by atoms with Crippen molar-refractivity contribution >= 4 is 23.3 Å². The highest BCUT2D eigenvalue weighted by molar-refractivity contribution is 6.33. The van der Waals surface area contributed by atoms with Crippen LogP contribution in [-0.4, -0.2) is 22.1 Å². The van der Waals surface area contributed by atoms with Crippen molar-refractivity contribution in [1.29, 1.82) is 0 Å². The Balaban J connectivity index is 1.93. The van der Waals surface area contributed by atoms with Crippen molar-refractivity contribution in [2.24, 2.45) is 0 Å². The molecule has 1 aromatic heterocycles. The number of nitrogens with zero attached hydrogens (tertiary/aromatic N) is 2. The van der Waals surface area contributed by atoms with Gasteiger partial charge < -0.3 is 15.0 Å². The van der Waals surface area contributed by atoms with Gasteiger partial charge in [0.1, 0.15) is 12.4 Å². The molecule has 19 heavy (non-hydrogen) atoms. The molecule has 5 nitrogen and oxygen atoms in total. The summed E-state index contributed by atoms with van der Waals surface area (Å²) in [4.78, 5) is 15.9. The van der Waals surface area contributed by atoms with Gasteiger partial charge in [0.05, 0.1) is 17.1 Å². The molecule has 0 amide bonds. The van der Waals surface area contributed by atoms with Crippen LogP contribution in [0.3, 0.4) is 0 Å². The molecule has 1 aromatic carbocycles. The van der Waals surface area contributed by atoms with E-state index in [2.05, 4.69) is 4.98 Å². The predicted octanol–water partition coefficient (Wildman–Crippen LogP) is 2.28. The van der Waals surface area contributed by atoms with Gasteiger partial charge >= 0.3 is 5.97 Å². The number of nitrogens with two attached hydrogens (primary N) is 1. The molecule has 100 valence electrons. The second kappa shape index (κ2) is 5.75. The molecule has 0 unspecified atom stereocenters. The average Bonchev–Trinajstić information content (AvgIpc) is 2.75. The molecule has 2 rings (SSSR count). The monoisotopic (exact) mass is 279 g/mol. The van der Waals surface area contributed by atoms with Crippen LogP contribution in [0.2, 0.25) is 5.02 Å². The Morgan fingerprint density at radius 1 is 1.53 bits per heavy atom. The molecule has 0 fully saturated rings. The van der Waals surface area contributed by atoms with Gasteiger partial charge in [-0.25, -0.2) is 9.78 Å². The molecule has 0 saturated heterocycles. The summed E-state index contributed by atoms with van der Waals surface area (Å²) in [5.41, 5.74) is 6.39. The Kier molecular flexibility index (Phi) is 4.06. The van der Waals surface area contributed by atoms with Crippen molar-refractivity contribution in [2.75, 3.05) is 12.3 Å². The minimum atomic E-state index is -0.456. The van der Waals surface area contributed by atoms with Crippen molar-refractivity contribution in [2.45, 2.75) is 13.5 Å². The molecule has 0 aliphatic rings. The fourth-order valence-corrected chi connectivity index (χ4v) is 1.92. The summed E-state index contributed by atoms with van der Waals surface area (Å²) in [7, 11) is 0. The first-order valence-electron chi connectivity index (χ1n) is 5.78. The number of anilines is 1. The highest BCUT2D eigenvalue weighted by Gasteiger charge is 2.11. The third-order valence-corrected chi connectivity index (χ3v) is 3.01. The number of esters is 1. The second-order valence-corrected chi connectivity index (χ2v) is 4.45. The van der Waals surface area contributed by atoms with Gasteiger partial charge in [-0.1, -0.05) is 11.6 Å². The molecule has 0 bridgehead atoms. The quantitative estimate of drug-likeness (QED) is 0.688. The molecule has 0 saturated carbocycles. The van der Waals surface area contributed by atoms with Crippen LogP contribution in [0.4, 0.5) is 5.69 Å². The SMILES string of the molecule is Cc1nccn1CCOC(=O)c1ccc(N)cc1Cl. The van der Waals surface area contributed by atoms with Gasteiger partial charge in [0.15, 0.2) is 0 Å². The lowest BCUT2D eigenvalue weighted by Gasteiger charge is -2.08. The fourth-order valence-electron chi connectivity index (χ4n) is 1.65. The van der Waals surface area contributed by atoms with Crippen LogP contribution in [0.25, 0.3) is 0 Å². The standard InChI is InChI=1S/C13H14ClN3O2/c1-9-16-4-5-17(9)6-7-19-13(18)11-3-2-10(15)8-12(11)14/h2-5,8H,6-7,15H2,1H3. The first-order chi connectivity index (χ1) is 9.08. The van der Waals surface area contributed by atoms with Crippen LogP contribution in [0.15, 0.2) is 30.6 Å². The summed E-state index contributed by atoms with van der Waals surface area (Å²) in [6.45, 7) is 2.71. The predicted molar refractivity (Wildman–Crippen MR) is 73.1 cm³/mol. The molecular formula is C13H14ClN3O2. The summed E-state index contributed by atoms with van der Waals surface area (Å²) in [6, 6.07) is 4.70. The van der Waals surface area contributed by atoms with Gasteiger partial charge in [-0.2, -0.15) is 0 Å². The van der Waals surface area contributed by atoms with Crippen LogP contribution in [-0.2, 0) is 11.3 Å². The lowest BCUT2D eigenvalue weighted by Crippen LogP contribution is -2.12. The zero-order chi connectivity index (χ0) is 13.8. The smallest absolute Gasteiger partial charge is 0.339 e. The maximum absolute atomic E-state index is 11.8. The van der Waals surface area contributed by atoms with Crippen LogP contribution < -0.4 is 5.73 Å². The van der Waals surface area contributed by atoms with Gasteiger partial charge in [-0.15, -0.1) is 0 Å². The van der Waals surface area contributed by atoms with Crippen LogP contribution in [0, 0.1) is 6.92 Å². The first-order valence-corrected chi connectivity index (χ1v) is 6.15. The zero-order valence-electron chi connectivity index (χ0n) is 10.5. The van der Waals surface area contributed by atoms with E-state index in [4.69, 9.17) is 22.1 Å². The van der Waals surface area contributed by atoms with Gasteiger partial charge in [0.2, 0.25) is 0 Å². The van der Waals surface area contributed by atoms with Gasteiger partial charge in [0.25, 0.3) is 0 Å². The molecule has 0 atom stereocenters. The Hall–Kier alpha value is -2.01. The lowest BCUT2D eigenvalue weighted by molar-refractivity contribution is 0.0491. The van der Waals surface area contributed by atoms with E-state index in [-0.39, 0.29) is 6.61 Å². The van der Waals surface area contributed by atoms with Crippen LogP contribution in [0.1, 0.15) is 16.2 Å². The number of nitrogen functional groups attached to an aromatic ring is 1. The molecule has 6 heteroatoms. The minimum absolute atomic E-state index is 0.261. The highest BCUT2D eigenvalue weighted by Crippen LogP contribution is 2.19. The second-order valence-electron chi connectivity index (χ2n) is 4.04. The van der Waals surface area contributed by atoms with Gasteiger partial charge in [-0.3, -0.25) is 0 Å². The van der Waals surface area contributed by atoms with Crippen LogP contribution >= 0.6 is 11.6 Å². The number of carbonyl (C=O) groups excluding carboxylic acids is 1. The molecule has 1 heterocycles. The van der Waals surface area contributed by atoms with E-state index in [0.717, 1.165) is 5.82 Å². The van der Waals surface area contributed by atoms with Crippen LogP contribution in [0.5, 0.6) is 0 Å². The molecule has 2 aromatic rings. The Labute approximate surface area is 116 Å². The number of aromatic nitrogens is 2. The van der Waals surface area contributed by atoms with E-state index < -0.39 is 5.97 Å². The maximum Gasteiger partial charge on any atom is 0.339 e. The maximum atomic E-state index is 11.8. The molecule has 0 spiro atoms. The summed E-state index contributed by atoms with van der Waals surface area (Å²) >= 11 is 5.93. The number of rotatable bonds is 4. The molecule has 2 N–H and O–H groups in total. The van der Waals surface area contributed by atoms with Crippen molar-refractivity contribution in [3.05, 3.63) is 47.0 Å². The summed E-state index contributed by atoms with van der Waals surface area (Å²) in [5, 5.41) is 0.295. The van der Waals surface area contributed by atoms with Gasteiger partial charge in [-0.05, 0) is 25.1 Å². The summed E-state index contributed by atoms with van der Waals surface area (Å²) in [5.74, 6) is 0.421. The number of imidazole rings is 1. The third-order valence-electron chi connectivity index (χ3n) is 2.70. The number of halogens is 1. The van der Waals surface area contributed by atoms with Crippen molar-refractivity contribution in [1.82, 2.24) is 9.55 Å². The molecule has 0 aliphatic carbocycles. The normalized spacial score (nSPS) is 10.4. The third kappa shape index (κ3) is 3.26. The van der Waals surface area contributed by atoms with E-state index in [0.29, 0.717) is 22.8 Å². The van der Waals surface area contributed by atoms with Crippen molar-refractivity contribution in [3.63, 3.8) is 0 Å². The molecular weight excluding hydrogens is 266 g/mol. The first kappa shape index (κ1) is 13.4. The fraction of sp³-hybridized carbons (Fsp3) is 0.231. The molecule has 0 radical (unpaired) electrons. The topological polar surface area (TPSA) is 70.1 Å². The van der Waals surface area contributed by atoms with E-state index in [1.807, 2.05) is 17.7 Å².